The quantitative estimate of drug-likeness (QED) is 0.847. The molecule has 1 aromatic carbocycles. The summed E-state index contributed by atoms with van der Waals surface area (Å²) >= 11 is 0. The fraction of sp³-hybridized carbons (Fsp3) is 0.647. The highest BCUT2D eigenvalue weighted by atomic mass is 19.1. The van der Waals surface area contributed by atoms with Crippen molar-refractivity contribution in [2.45, 2.75) is 64.6 Å². The van der Waals surface area contributed by atoms with E-state index >= 15 is 0 Å². The van der Waals surface area contributed by atoms with Gasteiger partial charge >= 0.3 is 0 Å². The van der Waals surface area contributed by atoms with Gasteiger partial charge in [0.05, 0.1) is 6.04 Å². The lowest BCUT2D eigenvalue weighted by atomic mass is 9.91. The summed E-state index contributed by atoms with van der Waals surface area (Å²) in [5.74, 6) is -0.141. The number of likely N-dealkylation sites (tertiary alicyclic amines) is 1. The third kappa shape index (κ3) is 3.21. The Morgan fingerprint density at radius 2 is 1.95 bits per heavy atom. The van der Waals surface area contributed by atoms with Gasteiger partial charge in [0.15, 0.2) is 0 Å². The van der Waals surface area contributed by atoms with Crippen molar-refractivity contribution in [2.24, 2.45) is 5.73 Å². The van der Waals surface area contributed by atoms with Crippen LogP contribution in [0.25, 0.3) is 0 Å². The zero-order valence-corrected chi connectivity index (χ0v) is 13.1. The molecule has 20 heavy (non-hydrogen) atoms. The Hall–Kier alpha value is -0.930. The standard InChI is InChI=1S/C17H27FN2/c1-12-11-13(8-9-14(12)18)16-15(19)7-5-6-10-20(16)17(2,3)4/h8-9,11,15-16H,5-7,10,19H2,1-4H3. The molecule has 0 aromatic heterocycles. The first-order valence-corrected chi connectivity index (χ1v) is 7.59. The number of aryl methyl sites for hydroxylation is 1. The van der Waals surface area contributed by atoms with E-state index in [1.54, 1.807) is 6.07 Å². The molecule has 1 heterocycles. The number of nitrogens with zero attached hydrogens (tertiary/aromatic N) is 1. The summed E-state index contributed by atoms with van der Waals surface area (Å²) < 4.78 is 13.5. The Balaban J connectivity index is 2.42. The molecule has 0 radical (unpaired) electrons. The average Bonchev–Trinajstić information content (AvgIpc) is 2.54. The van der Waals surface area contributed by atoms with Crippen LogP contribution < -0.4 is 5.73 Å². The van der Waals surface area contributed by atoms with E-state index in [0.717, 1.165) is 18.5 Å². The van der Waals surface area contributed by atoms with E-state index < -0.39 is 0 Å². The van der Waals surface area contributed by atoms with E-state index in [0.29, 0.717) is 5.56 Å². The monoisotopic (exact) mass is 278 g/mol. The maximum absolute atomic E-state index is 13.5. The molecule has 2 N–H and O–H groups in total. The van der Waals surface area contributed by atoms with Gasteiger partial charge in [-0.15, -0.1) is 0 Å². The predicted octanol–water partition coefficient (Wildman–Crippen LogP) is 3.79. The number of rotatable bonds is 1. The van der Waals surface area contributed by atoms with Crippen LogP contribution in [0.5, 0.6) is 0 Å². The first-order chi connectivity index (χ1) is 9.30. The second-order valence-electron chi connectivity index (χ2n) is 6.98. The number of halogens is 1. The second kappa shape index (κ2) is 5.82. The van der Waals surface area contributed by atoms with Gasteiger partial charge in [-0.25, -0.2) is 4.39 Å². The molecule has 1 aliphatic rings. The summed E-state index contributed by atoms with van der Waals surface area (Å²) in [6.07, 6.45) is 3.39. The molecule has 3 heteroatoms. The molecule has 1 saturated heterocycles. The Morgan fingerprint density at radius 3 is 2.55 bits per heavy atom. The van der Waals surface area contributed by atoms with Crippen LogP contribution in [0.1, 0.15) is 57.2 Å². The summed E-state index contributed by atoms with van der Waals surface area (Å²) in [6, 6.07) is 5.72. The van der Waals surface area contributed by atoms with Crippen molar-refractivity contribution in [1.82, 2.24) is 4.90 Å². The molecule has 2 rings (SSSR count). The van der Waals surface area contributed by atoms with Crippen LogP contribution in [0, 0.1) is 12.7 Å². The number of nitrogens with two attached hydrogens (primary N) is 1. The van der Waals surface area contributed by atoms with Crippen molar-refractivity contribution in [2.75, 3.05) is 6.54 Å². The lowest BCUT2D eigenvalue weighted by molar-refractivity contribution is 0.0755. The molecule has 0 saturated carbocycles. The van der Waals surface area contributed by atoms with Gasteiger partial charge in [-0.3, -0.25) is 4.90 Å². The summed E-state index contributed by atoms with van der Waals surface area (Å²) in [7, 11) is 0. The molecule has 0 spiro atoms. The highest BCUT2D eigenvalue weighted by molar-refractivity contribution is 5.28. The van der Waals surface area contributed by atoms with Gasteiger partial charge in [0.2, 0.25) is 0 Å². The largest absolute Gasteiger partial charge is 0.326 e. The molecule has 2 nitrogen and oxygen atoms in total. The van der Waals surface area contributed by atoms with Crippen LogP contribution in [-0.2, 0) is 0 Å². The molecule has 2 unspecified atom stereocenters. The van der Waals surface area contributed by atoms with E-state index in [9.17, 15) is 4.39 Å². The normalized spacial score (nSPS) is 25.5. The van der Waals surface area contributed by atoms with Crippen molar-refractivity contribution in [3.8, 4) is 0 Å². The zero-order chi connectivity index (χ0) is 14.9. The van der Waals surface area contributed by atoms with Gasteiger partial charge in [-0.05, 0) is 64.3 Å². The van der Waals surface area contributed by atoms with Crippen LogP contribution in [0.2, 0.25) is 0 Å². The first kappa shape index (κ1) is 15.5. The summed E-state index contributed by atoms with van der Waals surface area (Å²) in [5, 5.41) is 0. The van der Waals surface area contributed by atoms with Crippen molar-refractivity contribution in [3.63, 3.8) is 0 Å². The Kier molecular flexibility index (Phi) is 4.50. The maximum atomic E-state index is 13.5. The Morgan fingerprint density at radius 1 is 1.25 bits per heavy atom. The van der Waals surface area contributed by atoms with Crippen LogP contribution in [0.3, 0.4) is 0 Å². The van der Waals surface area contributed by atoms with E-state index in [4.69, 9.17) is 5.73 Å². The SMILES string of the molecule is Cc1cc(C2C(N)CCCCN2C(C)(C)C)ccc1F. The van der Waals surface area contributed by atoms with Crippen LogP contribution >= 0.6 is 0 Å². The Labute approximate surface area is 122 Å². The van der Waals surface area contributed by atoms with Gasteiger partial charge < -0.3 is 5.73 Å². The van der Waals surface area contributed by atoms with Gasteiger partial charge in [-0.2, -0.15) is 0 Å². The number of hydrogen-bond donors (Lipinski definition) is 1. The van der Waals surface area contributed by atoms with E-state index in [1.807, 2.05) is 19.1 Å². The molecule has 1 aromatic rings. The van der Waals surface area contributed by atoms with Gasteiger partial charge in [0, 0.05) is 11.6 Å². The predicted molar refractivity (Wildman–Crippen MR) is 82.2 cm³/mol. The molecule has 1 fully saturated rings. The minimum atomic E-state index is -0.141. The van der Waals surface area contributed by atoms with Crippen LogP contribution in [-0.4, -0.2) is 23.0 Å². The highest BCUT2D eigenvalue weighted by Crippen LogP contribution is 2.35. The fourth-order valence-corrected chi connectivity index (χ4v) is 3.22. The van der Waals surface area contributed by atoms with Crippen molar-refractivity contribution in [3.05, 3.63) is 35.1 Å². The smallest absolute Gasteiger partial charge is 0.126 e. The molecule has 0 bridgehead atoms. The third-order valence-corrected chi connectivity index (χ3v) is 4.31. The molecule has 0 aliphatic carbocycles. The molecular formula is C17H27FN2. The summed E-state index contributed by atoms with van der Waals surface area (Å²) in [6.45, 7) is 9.57. The first-order valence-electron chi connectivity index (χ1n) is 7.59. The minimum absolute atomic E-state index is 0.0644. The minimum Gasteiger partial charge on any atom is -0.326 e. The number of benzene rings is 1. The fourth-order valence-electron chi connectivity index (χ4n) is 3.22. The Bertz CT molecular complexity index is 465. The highest BCUT2D eigenvalue weighted by Gasteiger charge is 2.35. The lowest BCUT2D eigenvalue weighted by Gasteiger charge is -2.43. The van der Waals surface area contributed by atoms with E-state index in [1.165, 1.54) is 12.8 Å². The van der Waals surface area contributed by atoms with E-state index in [2.05, 4.69) is 25.7 Å². The summed E-state index contributed by atoms with van der Waals surface area (Å²) in [5.41, 5.74) is 8.36. The lowest BCUT2D eigenvalue weighted by Crippen LogP contribution is -2.49. The van der Waals surface area contributed by atoms with Gasteiger partial charge in [-0.1, -0.05) is 18.6 Å². The van der Waals surface area contributed by atoms with Gasteiger partial charge in [0.1, 0.15) is 5.82 Å². The van der Waals surface area contributed by atoms with Crippen LogP contribution in [0.15, 0.2) is 18.2 Å². The van der Waals surface area contributed by atoms with Gasteiger partial charge in [0.25, 0.3) is 0 Å². The third-order valence-electron chi connectivity index (χ3n) is 4.31. The molecule has 2 atom stereocenters. The van der Waals surface area contributed by atoms with E-state index in [-0.39, 0.29) is 23.4 Å². The maximum Gasteiger partial charge on any atom is 0.126 e. The molecule has 0 amide bonds. The molecule has 112 valence electrons. The zero-order valence-electron chi connectivity index (χ0n) is 13.1. The van der Waals surface area contributed by atoms with Crippen LogP contribution in [0.4, 0.5) is 4.39 Å². The molecule has 1 aliphatic heterocycles. The van der Waals surface area contributed by atoms with Crippen molar-refractivity contribution < 1.29 is 4.39 Å². The molecular weight excluding hydrogens is 251 g/mol. The average molecular weight is 278 g/mol. The van der Waals surface area contributed by atoms with Crippen molar-refractivity contribution in [1.29, 1.82) is 0 Å². The number of hydrogen-bond acceptors (Lipinski definition) is 2. The second-order valence-corrected chi connectivity index (χ2v) is 6.98. The summed E-state index contributed by atoms with van der Waals surface area (Å²) in [4.78, 5) is 2.48. The topological polar surface area (TPSA) is 29.3 Å². The van der Waals surface area contributed by atoms with Crippen molar-refractivity contribution >= 4 is 0 Å².